The fourth-order valence-electron chi connectivity index (χ4n) is 1.47. The first-order chi connectivity index (χ1) is 10.3. The second kappa shape index (κ2) is 8.21. The molecule has 0 saturated carbocycles. The molecule has 0 bridgehead atoms. The van der Waals surface area contributed by atoms with E-state index in [9.17, 15) is 22.8 Å². The van der Waals surface area contributed by atoms with Crippen LogP contribution in [0, 0.1) is 0 Å². The van der Waals surface area contributed by atoms with E-state index in [4.69, 9.17) is 9.47 Å². The van der Waals surface area contributed by atoms with Crippen LogP contribution in [-0.4, -0.2) is 24.5 Å². The quantitative estimate of drug-likeness (QED) is 0.255. The summed E-state index contributed by atoms with van der Waals surface area (Å²) in [6.07, 6.45) is -5.74. The van der Waals surface area contributed by atoms with E-state index in [0.29, 0.717) is 11.8 Å². The number of benzene rings is 1. The highest BCUT2D eigenvalue weighted by Gasteiger charge is 2.35. The Bertz CT molecular complexity index is 535. The van der Waals surface area contributed by atoms with Crippen molar-refractivity contribution in [3.05, 3.63) is 47.7 Å². The molecular formula is C15H15F3O4. The van der Waals surface area contributed by atoms with Gasteiger partial charge < -0.3 is 9.47 Å². The van der Waals surface area contributed by atoms with Gasteiger partial charge in [-0.3, -0.25) is 4.79 Å². The Balaban J connectivity index is 2.74. The molecule has 0 amide bonds. The third-order valence-electron chi connectivity index (χ3n) is 2.46. The minimum atomic E-state index is -4.71. The first-order valence-electron chi connectivity index (χ1n) is 6.46. The third-order valence-corrected chi connectivity index (χ3v) is 2.46. The summed E-state index contributed by atoms with van der Waals surface area (Å²) in [6, 6.07) is 8.55. The molecule has 0 N–H and O–H groups in total. The van der Waals surface area contributed by atoms with Gasteiger partial charge in [-0.15, -0.1) is 0 Å². The van der Waals surface area contributed by atoms with E-state index in [2.05, 4.69) is 0 Å². The van der Waals surface area contributed by atoms with Crippen molar-refractivity contribution in [2.45, 2.75) is 26.1 Å². The van der Waals surface area contributed by atoms with Crippen LogP contribution in [0.25, 0.3) is 0 Å². The number of ether oxygens (including phenoxy) is 2. The molecule has 0 radical (unpaired) electrons. The third kappa shape index (κ3) is 6.43. The van der Waals surface area contributed by atoms with Crippen molar-refractivity contribution in [3.63, 3.8) is 0 Å². The molecule has 0 aliphatic carbocycles. The van der Waals surface area contributed by atoms with E-state index in [1.54, 1.807) is 37.3 Å². The molecule has 0 saturated heterocycles. The van der Waals surface area contributed by atoms with Gasteiger partial charge in [0.2, 0.25) is 0 Å². The van der Waals surface area contributed by atoms with Crippen LogP contribution in [0.3, 0.4) is 0 Å². The van der Waals surface area contributed by atoms with E-state index in [1.165, 1.54) is 0 Å². The van der Waals surface area contributed by atoms with Gasteiger partial charge in [0.15, 0.2) is 5.78 Å². The number of rotatable bonds is 7. The summed E-state index contributed by atoms with van der Waals surface area (Å²) >= 11 is 0. The number of alkyl halides is 3. The van der Waals surface area contributed by atoms with Crippen molar-refractivity contribution in [3.8, 4) is 0 Å². The minimum Gasteiger partial charge on any atom is -0.500 e. The normalized spacial score (nSPS) is 11.9. The lowest BCUT2D eigenvalue weighted by molar-refractivity contribution is -0.152. The number of ketones is 1. The highest BCUT2D eigenvalue weighted by molar-refractivity contribution is 6.17. The van der Waals surface area contributed by atoms with E-state index in [-0.39, 0.29) is 13.2 Å². The lowest BCUT2D eigenvalue weighted by Gasteiger charge is -2.09. The maximum absolute atomic E-state index is 12.3. The van der Waals surface area contributed by atoms with Gasteiger partial charge in [0.05, 0.1) is 6.61 Å². The number of halogens is 3. The summed E-state index contributed by atoms with van der Waals surface area (Å²) in [5, 5.41) is 0. The molecule has 0 heterocycles. The molecule has 0 atom stereocenters. The van der Waals surface area contributed by atoms with Crippen molar-refractivity contribution in [1.82, 2.24) is 0 Å². The molecular weight excluding hydrogens is 301 g/mol. The first kappa shape index (κ1) is 17.7. The second-order valence-electron chi connectivity index (χ2n) is 4.26. The number of carbonyl (C=O) groups excluding carboxylic acids is 2. The van der Waals surface area contributed by atoms with E-state index in [0.717, 1.165) is 0 Å². The fraction of sp³-hybridized carbons (Fsp3) is 0.333. The van der Waals surface area contributed by atoms with Crippen LogP contribution in [0.15, 0.2) is 42.2 Å². The predicted molar refractivity (Wildman–Crippen MR) is 71.6 cm³/mol. The van der Waals surface area contributed by atoms with Crippen LogP contribution in [0.2, 0.25) is 0 Å². The zero-order valence-electron chi connectivity index (χ0n) is 11.9. The van der Waals surface area contributed by atoms with Crippen LogP contribution in [0.1, 0.15) is 18.9 Å². The highest BCUT2D eigenvalue weighted by Crippen LogP contribution is 2.22. The number of carbonyl (C=O) groups is 2. The maximum atomic E-state index is 12.3. The van der Waals surface area contributed by atoms with Crippen molar-refractivity contribution in [2.24, 2.45) is 0 Å². The first-order valence-corrected chi connectivity index (χ1v) is 6.46. The van der Waals surface area contributed by atoms with Gasteiger partial charge in [-0.1, -0.05) is 30.3 Å². The summed E-state index contributed by atoms with van der Waals surface area (Å²) in [5.74, 6) is -2.54. The van der Waals surface area contributed by atoms with Gasteiger partial charge in [-0.05, 0) is 12.5 Å². The molecule has 22 heavy (non-hydrogen) atoms. The van der Waals surface area contributed by atoms with Crippen LogP contribution in [-0.2, 0) is 25.7 Å². The van der Waals surface area contributed by atoms with Crippen LogP contribution >= 0.6 is 0 Å². The largest absolute Gasteiger partial charge is 0.500 e. The molecule has 1 aromatic rings. The van der Waals surface area contributed by atoms with Gasteiger partial charge in [-0.25, -0.2) is 4.79 Å². The minimum absolute atomic E-state index is 0.106. The fourth-order valence-corrected chi connectivity index (χ4v) is 1.47. The molecule has 7 heteroatoms. The molecule has 0 aromatic heterocycles. The number of Topliss-reactive ketones (excluding diaryl/α,β-unsaturated/α-hetero) is 1. The lowest BCUT2D eigenvalue weighted by atomic mass is 10.1. The molecule has 0 fully saturated rings. The summed E-state index contributed by atoms with van der Waals surface area (Å²) in [7, 11) is 0. The Morgan fingerprint density at radius 1 is 1.18 bits per heavy atom. The zero-order valence-corrected chi connectivity index (χ0v) is 11.9. The molecule has 0 unspecified atom stereocenters. The molecule has 0 aliphatic heterocycles. The second-order valence-corrected chi connectivity index (χ2v) is 4.26. The predicted octanol–water partition coefficient (Wildman–Crippen LogP) is 3.17. The van der Waals surface area contributed by atoms with Gasteiger partial charge in [-0.2, -0.15) is 13.2 Å². The van der Waals surface area contributed by atoms with Gasteiger partial charge in [0.1, 0.15) is 24.9 Å². The average molecular weight is 316 g/mol. The van der Waals surface area contributed by atoms with Crippen LogP contribution in [0.4, 0.5) is 13.2 Å². The summed E-state index contributed by atoms with van der Waals surface area (Å²) in [6.45, 7) is 1.52. The Morgan fingerprint density at radius 2 is 1.82 bits per heavy atom. The highest BCUT2D eigenvalue weighted by atomic mass is 19.4. The van der Waals surface area contributed by atoms with E-state index >= 15 is 0 Å². The molecule has 120 valence electrons. The van der Waals surface area contributed by atoms with Gasteiger partial charge >= 0.3 is 12.1 Å². The van der Waals surface area contributed by atoms with Crippen molar-refractivity contribution in [1.29, 1.82) is 0 Å². The van der Waals surface area contributed by atoms with Crippen LogP contribution < -0.4 is 0 Å². The Labute approximate surface area is 125 Å². The Kier molecular flexibility index (Phi) is 6.62. The smallest absolute Gasteiger partial charge is 0.396 e. The van der Waals surface area contributed by atoms with Gasteiger partial charge in [0.25, 0.3) is 0 Å². The molecule has 4 nitrogen and oxygen atoms in total. The van der Waals surface area contributed by atoms with E-state index in [1.807, 2.05) is 0 Å². The topological polar surface area (TPSA) is 52.6 Å². The number of esters is 1. The maximum Gasteiger partial charge on any atom is 0.396 e. The van der Waals surface area contributed by atoms with Crippen molar-refractivity contribution < 1.29 is 32.2 Å². The summed E-state index contributed by atoms with van der Waals surface area (Å²) < 4.78 is 46.4. The average Bonchev–Trinajstić information content (AvgIpc) is 2.44. The Hall–Kier alpha value is -2.31. The summed E-state index contributed by atoms with van der Waals surface area (Å²) in [4.78, 5) is 23.3. The number of hydrogen-bond acceptors (Lipinski definition) is 4. The molecule has 0 aliphatic rings. The number of hydrogen-bond donors (Lipinski definition) is 0. The zero-order chi connectivity index (χ0) is 16.6. The monoisotopic (exact) mass is 316 g/mol. The molecule has 1 aromatic carbocycles. The molecule has 1 rings (SSSR count). The van der Waals surface area contributed by atoms with Crippen molar-refractivity contribution in [2.75, 3.05) is 6.61 Å². The molecule has 0 spiro atoms. The standard InChI is InChI=1S/C15H15F3O4/c1-2-21-10-12(13(19)8-15(16,17)18)14(20)22-9-11-6-4-3-5-7-11/h3-7,10H,2,8-9H2,1H3/b12-10+. The van der Waals surface area contributed by atoms with Crippen molar-refractivity contribution >= 4 is 11.8 Å². The van der Waals surface area contributed by atoms with E-state index < -0.39 is 29.9 Å². The van der Waals surface area contributed by atoms with Crippen LogP contribution in [0.5, 0.6) is 0 Å². The van der Waals surface area contributed by atoms with Gasteiger partial charge in [0, 0.05) is 0 Å². The summed E-state index contributed by atoms with van der Waals surface area (Å²) in [5.41, 5.74) is -0.106. The Morgan fingerprint density at radius 3 is 2.36 bits per heavy atom. The lowest BCUT2D eigenvalue weighted by Crippen LogP contribution is -2.22. The SMILES string of the molecule is CCO/C=C(\C(=O)CC(F)(F)F)C(=O)OCc1ccccc1.